The van der Waals surface area contributed by atoms with Crippen molar-refractivity contribution in [1.29, 1.82) is 0 Å². The van der Waals surface area contributed by atoms with Crippen LogP contribution in [-0.4, -0.2) is 68.0 Å². The molecule has 2 aliphatic heterocycles. The molecule has 3 heterocycles. The fraction of sp³-hybridized carbons (Fsp3) is 0.857. The maximum Gasteiger partial charge on any atom is 0.230 e. The van der Waals surface area contributed by atoms with Gasteiger partial charge in [0.1, 0.15) is 5.82 Å². The lowest BCUT2D eigenvalue weighted by atomic mass is 9.78. The van der Waals surface area contributed by atoms with Crippen molar-refractivity contribution < 1.29 is 9.59 Å². The van der Waals surface area contributed by atoms with Crippen molar-refractivity contribution in [3.63, 3.8) is 0 Å². The predicted octanol–water partition coefficient (Wildman–Crippen LogP) is 2.18. The minimum atomic E-state index is -0.342. The third kappa shape index (κ3) is 4.46. The van der Waals surface area contributed by atoms with E-state index in [9.17, 15) is 9.59 Å². The minimum Gasteiger partial charge on any atom is -0.342 e. The first-order chi connectivity index (χ1) is 14.1. The largest absolute Gasteiger partial charge is 0.342 e. The van der Waals surface area contributed by atoms with Crippen LogP contribution in [0.5, 0.6) is 0 Å². The summed E-state index contributed by atoms with van der Waals surface area (Å²) in [6, 6.07) is 0. The molecule has 1 aromatic rings. The molecule has 0 N–H and O–H groups in total. The van der Waals surface area contributed by atoms with Gasteiger partial charge < -0.3 is 9.80 Å². The first kappa shape index (κ1) is 20.3. The molecule has 0 bridgehead atoms. The second-order valence-electron chi connectivity index (χ2n) is 9.23. The molecule has 1 aromatic heterocycles. The summed E-state index contributed by atoms with van der Waals surface area (Å²) in [5.41, 5.74) is -0.342. The van der Waals surface area contributed by atoms with Crippen LogP contribution in [0, 0.1) is 18.3 Å². The highest BCUT2D eigenvalue weighted by molar-refractivity contribution is 5.86. The van der Waals surface area contributed by atoms with Gasteiger partial charge in [-0.2, -0.15) is 0 Å². The highest BCUT2D eigenvalue weighted by Crippen LogP contribution is 2.40. The molecule has 1 atom stereocenters. The normalized spacial score (nSPS) is 25.9. The van der Waals surface area contributed by atoms with E-state index in [1.807, 2.05) is 11.8 Å². The molecule has 2 saturated heterocycles. The zero-order valence-corrected chi connectivity index (χ0v) is 17.7. The van der Waals surface area contributed by atoms with Crippen molar-refractivity contribution in [2.75, 3.05) is 26.2 Å². The summed E-state index contributed by atoms with van der Waals surface area (Å²) >= 11 is 0. The van der Waals surface area contributed by atoms with Gasteiger partial charge in [0.25, 0.3) is 0 Å². The number of carbonyl (C=O) groups excluding carboxylic acids is 2. The molecule has 1 aliphatic carbocycles. The molecule has 160 valence electrons. The molecule has 3 aliphatic rings. The van der Waals surface area contributed by atoms with E-state index >= 15 is 0 Å². The molecule has 2 amide bonds. The fourth-order valence-electron chi connectivity index (χ4n) is 5.46. The quantitative estimate of drug-likeness (QED) is 0.728. The number of rotatable bonds is 6. The lowest BCUT2D eigenvalue weighted by Gasteiger charge is -2.40. The Hall–Kier alpha value is -1.99. The van der Waals surface area contributed by atoms with Crippen LogP contribution in [0.4, 0.5) is 0 Å². The van der Waals surface area contributed by atoms with Crippen molar-refractivity contribution >= 4 is 11.8 Å². The first-order valence-corrected chi connectivity index (χ1v) is 11.4. The molecule has 3 fully saturated rings. The maximum atomic E-state index is 13.3. The van der Waals surface area contributed by atoms with Gasteiger partial charge in [-0.15, -0.1) is 5.10 Å². The summed E-state index contributed by atoms with van der Waals surface area (Å²) in [7, 11) is 0. The van der Waals surface area contributed by atoms with Gasteiger partial charge in [0, 0.05) is 32.6 Å². The van der Waals surface area contributed by atoms with E-state index in [4.69, 9.17) is 0 Å². The zero-order chi connectivity index (χ0) is 20.3. The minimum absolute atomic E-state index is 0.101. The first-order valence-electron chi connectivity index (χ1n) is 11.4. The Morgan fingerprint density at radius 3 is 2.69 bits per heavy atom. The summed E-state index contributed by atoms with van der Waals surface area (Å²) in [6.45, 7) is 5.38. The summed E-state index contributed by atoms with van der Waals surface area (Å²) in [5, 5.41) is 11.4. The van der Waals surface area contributed by atoms with Gasteiger partial charge in [0.15, 0.2) is 0 Å². The topological polar surface area (TPSA) is 84.2 Å². The Bertz CT molecular complexity index is 729. The maximum absolute atomic E-state index is 13.3. The molecule has 0 unspecified atom stereocenters. The predicted molar refractivity (Wildman–Crippen MR) is 108 cm³/mol. The van der Waals surface area contributed by atoms with E-state index in [0.29, 0.717) is 37.8 Å². The molecule has 4 rings (SSSR count). The SMILES string of the molecule is Cc1nnnn1CCC(=O)N1CC[C@]2(CCCN(CCC3CCCCC3)C2=O)C1. The van der Waals surface area contributed by atoms with Crippen molar-refractivity contribution in [2.24, 2.45) is 11.3 Å². The summed E-state index contributed by atoms with van der Waals surface area (Å²) in [6.07, 6.45) is 11.0. The smallest absolute Gasteiger partial charge is 0.230 e. The molecule has 0 radical (unpaired) electrons. The molecular weight excluding hydrogens is 368 g/mol. The average Bonchev–Trinajstić information content (AvgIpc) is 3.35. The monoisotopic (exact) mass is 402 g/mol. The van der Waals surface area contributed by atoms with Crippen LogP contribution in [-0.2, 0) is 16.1 Å². The van der Waals surface area contributed by atoms with Crippen LogP contribution in [0.15, 0.2) is 0 Å². The van der Waals surface area contributed by atoms with E-state index in [2.05, 4.69) is 20.4 Å². The zero-order valence-electron chi connectivity index (χ0n) is 17.7. The number of aromatic nitrogens is 4. The number of hydrogen-bond donors (Lipinski definition) is 0. The van der Waals surface area contributed by atoms with Gasteiger partial charge in [-0.25, -0.2) is 4.68 Å². The summed E-state index contributed by atoms with van der Waals surface area (Å²) < 4.78 is 1.66. The average molecular weight is 403 g/mol. The molecule has 8 heteroatoms. The van der Waals surface area contributed by atoms with Crippen molar-refractivity contribution in [3.05, 3.63) is 5.82 Å². The fourth-order valence-corrected chi connectivity index (χ4v) is 5.46. The molecule has 8 nitrogen and oxygen atoms in total. The third-order valence-corrected chi connectivity index (χ3v) is 7.31. The van der Waals surface area contributed by atoms with E-state index in [1.54, 1.807) is 4.68 Å². The van der Waals surface area contributed by atoms with Crippen LogP contribution in [0.25, 0.3) is 0 Å². The Kier molecular flexibility index (Phi) is 6.15. The van der Waals surface area contributed by atoms with E-state index in [1.165, 1.54) is 32.1 Å². The molecular formula is C21H34N6O2. The molecule has 1 spiro atoms. The van der Waals surface area contributed by atoms with Crippen molar-refractivity contribution in [3.8, 4) is 0 Å². The lowest BCUT2D eigenvalue weighted by molar-refractivity contribution is -0.146. The van der Waals surface area contributed by atoms with Crippen LogP contribution in [0.3, 0.4) is 0 Å². The van der Waals surface area contributed by atoms with Crippen LogP contribution in [0.1, 0.15) is 70.0 Å². The van der Waals surface area contributed by atoms with Crippen LogP contribution >= 0.6 is 0 Å². The number of tetrazole rings is 1. The Morgan fingerprint density at radius 2 is 1.93 bits per heavy atom. The van der Waals surface area contributed by atoms with E-state index < -0.39 is 0 Å². The highest BCUT2D eigenvalue weighted by Gasteiger charge is 2.49. The molecule has 1 saturated carbocycles. The molecule has 0 aromatic carbocycles. The third-order valence-electron chi connectivity index (χ3n) is 7.31. The number of carbonyl (C=O) groups is 2. The van der Waals surface area contributed by atoms with Gasteiger partial charge >= 0.3 is 0 Å². The number of hydrogen-bond acceptors (Lipinski definition) is 5. The Balaban J connectivity index is 1.30. The summed E-state index contributed by atoms with van der Waals surface area (Å²) in [5.74, 6) is 1.91. The second kappa shape index (κ2) is 8.79. The van der Waals surface area contributed by atoms with Crippen molar-refractivity contribution in [2.45, 2.75) is 77.7 Å². The highest BCUT2D eigenvalue weighted by atomic mass is 16.2. The number of amides is 2. The Morgan fingerprint density at radius 1 is 1.10 bits per heavy atom. The van der Waals surface area contributed by atoms with Crippen LogP contribution < -0.4 is 0 Å². The van der Waals surface area contributed by atoms with Gasteiger partial charge in [-0.05, 0) is 49.0 Å². The number of piperidine rings is 1. The van der Waals surface area contributed by atoms with Gasteiger partial charge in [0.05, 0.1) is 12.0 Å². The lowest BCUT2D eigenvalue weighted by Crippen LogP contribution is -2.50. The van der Waals surface area contributed by atoms with Gasteiger partial charge in [-0.3, -0.25) is 9.59 Å². The second-order valence-corrected chi connectivity index (χ2v) is 9.23. The van der Waals surface area contributed by atoms with E-state index in [-0.39, 0.29) is 11.3 Å². The Labute approximate surface area is 173 Å². The number of likely N-dealkylation sites (tertiary alicyclic amines) is 2. The number of nitrogens with zero attached hydrogens (tertiary/aromatic N) is 6. The molecule has 29 heavy (non-hydrogen) atoms. The van der Waals surface area contributed by atoms with E-state index in [0.717, 1.165) is 44.7 Å². The van der Waals surface area contributed by atoms with Crippen LogP contribution in [0.2, 0.25) is 0 Å². The van der Waals surface area contributed by atoms with Gasteiger partial charge in [-0.1, -0.05) is 32.1 Å². The van der Waals surface area contributed by atoms with Gasteiger partial charge in [0.2, 0.25) is 11.8 Å². The number of aryl methyl sites for hydroxylation is 2. The standard InChI is InChI=1S/C21H34N6O2/c1-17-22-23-24-27(17)14-9-19(28)26-15-11-21(16-26)10-5-12-25(20(21)29)13-8-18-6-3-2-4-7-18/h18H,2-16H2,1H3/t21-/m1/s1. The summed E-state index contributed by atoms with van der Waals surface area (Å²) in [4.78, 5) is 30.1. The van der Waals surface area contributed by atoms with Crippen molar-refractivity contribution in [1.82, 2.24) is 30.0 Å².